The van der Waals surface area contributed by atoms with Gasteiger partial charge in [0.05, 0.1) is 5.69 Å². The summed E-state index contributed by atoms with van der Waals surface area (Å²) in [4.78, 5) is 4.65. The molecule has 0 spiro atoms. The van der Waals surface area contributed by atoms with Crippen molar-refractivity contribution in [2.24, 2.45) is 0 Å². The summed E-state index contributed by atoms with van der Waals surface area (Å²) in [6, 6.07) is 14.1. The van der Waals surface area contributed by atoms with Crippen LogP contribution in [0.5, 0.6) is 5.75 Å². The average Bonchev–Trinajstić information content (AvgIpc) is 3.31. The Balaban J connectivity index is 1.47. The predicted molar refractivity (Wildman–Crippen MR) is 111 cm³/mol. The third-order valence-electron chi connectivity index (χ3n) is 4.52. The van der Waals surface area contributed by atoms with E-state index >= 15 is 0 Å². The van der Waals surface area contributed by atoms with E-state index in [1.54, 1.807) is 11.8 Å². The largest absolute Gasteiger partial charge is 0.483 e. The summed E-state index contributed by atoms with van der Waals surface area (Å²) in [5, 5.41) is 9.67. The van der Waals surface area contributed by atoms with Gasteiger partial charge in [-0.25, -0.2) is 4.98 Å². The average molecular weight is 394 g/mol. The molecule has 0 N–H and O–H groups in total. The molecule has 0 saturated carbocycles. The number of rotatable bonds is 7. The number of pyridine rings is 1. The molecule has 1 aromatic carbocycles. The van der Waals surface area contributed by atoms with Crippen molar-refractivity contribution in [2.75, 3.05) is 0 Å². The third kappa shape index (κ3) is 3.89. The Morgan fingerprint density at radius 2 is 1.93 bits per heavy atom. The molecule has 144 valence electrons. The lowest BCUT2D eigenvalue weighted by molar-refractivity contribution is 0.210. The van der Waals surface area contributed by atoms with E-state index in [2.05, 4.69) is 39.8 Å². The molecular weight excluding hydrogens is 370 g/mol. The van der Waals surface area contributed by atoms with Crippen molar-refractivity contribution in [3.63, 3.8) is 0 Å². The quantitative estimate of drug-likeness (QED) is 0.427. The second kappa shape index (κ2) is 8.06. The van der Waals surface area contributed by atoms with Crippen molar-refractivity contribution < 1.29 is 4.74 Å². The van der Waals surface area contributed by atoms with E-state index in [1.165, 1.54) is 5.56 Å². The number of thioether (sulfide) groups is 1. The molecule has 0 amide bonds. The van der Waals surface area contributed by atoms with Gasteiger partial charge in [-0.2, -0.15) is 0 Å². The Bertz CT molecular complexity index is 1040. The first kappa shape index (κ1) is 18.6. The fourth-order valence-corrected chi connectivity index (χ4v) is 3.97. The summed E-state index contributed by atoms with van der Waals surface area (Å²) in [5.74, 6) is 2.41. The number of imidazole rings is 1. The first-order chi connectivity index (χ1) is 13.6. The van der Waals surface area contributed by atoms with Gasteiger partial charge in [-0.05, 0) is 45.0 Å². The van der Waals surface area contributed by atoms with Crippen LogP contribution in [0.25, 0.3) is 5.65 Å². The molecule has 0 saturated heterocycles. The van der Waals surface area contributed by atoms with Gasteiger partial charge in [-0.1, -0.05) is 35.5 Å². The second-order valence-electron chi connectivity index (χ2n) is 6.65. The Morgan fingerprint density at radius 1 is 1.11 bits per heavy atom. The topological polar surface area (TPSA) is 57.2 Å². The minimum absolute atomic E-state index is 0.181. The van der Waals surface area contributed by atoms with Crippen LogP contribution in [0, 0.1) is 6.92 Å². The van der Waals surface area contributed by atoms with Crippen molar-refractivity contribution in [2.45, 2.75) is 44.3 Å². The fourth-order valence-electron chi connectivity index (χ4n) is 3.07. The first-order valence-electron chi connectivity index (χ1n) is 9.36. The maximum absolute atomic E-state index is 6.07. The normalized spacial score (nSPS) is 12.4. The standard InChI is InChI=1S/C21H23N5OS/c1-4-26-20(16(3)27-18-10-8-15(2)9-11-18)23-24-21(26)28-14-17-13-25-12-6-5-7-19(25)22-17/h5-13,16H,4,14H2,1-3H3. The summed E-state index contributed by atoms with van der Waals surface area (Å²) < 4.78 is 10.2. The number of nitrogens with zero attached hydrogens (tertiary/aromatic N) is 5. The number of aromatic nitrogens is 5. The van der Waals surface area contributed by atoms with Gasteiger partial charge in [0.2, 0.25) is 0 Å². The first-order valence-corrected chi connectivity index (χ1v) is 10.3. The molecular formula is C21H23N5OS. The maximum atomic E-state index is 6.07. The summed E-state index contributed by atoms with van der Waals surface area (Å²) in [5.41, 5.74) is 3.19. The van der Waals surface area contributed by atoms with Gasteiger partial charge in [-0.15, -0.1) is 10.2 Å². The van der Waals surface area contributed by atoms with Crippen molar-refractivity contribution in [1.29, 1.82) is 0 Å². The zero-order valence-electron chi connectivity index (χ0n) is 16.2. The zero-order chi connectivity index (χ0) is 19.5. The van der Waals surface area contributed by atoms with Gasteiger partial charge >= 0.3 is 0 Å². The highest BCUT2D eigenvalue weighted by Crippen LogP contribution is 2.26. The minimum atomic E-state index is -0.181. The molecule has 4 rings (SSSR count). The molecule has 0 aliphatic rings. The molecule has 0 aliphatic carbocycles. The molecule has 0 aliphatic heterocycles. The van der Waals surface area contributed by atoms with Gasteiger partial charge < -0.3 is 13.7 Å². The molecule has 3 heterocycles. The molecule has 3 aromatic heterocycles. The van der Waals surface area contributed by atoms with Gasteiger partial charge in [-0.3, -0.25) is 0 Å². The summed E-state index contributed by atoms with van der Waals surface area (Å²) in [7, 11) is 0. The number of hydrogen-bond donors (Lipinski definition) is 0. The minimum Gasteiger partial charge on any atom is -0.483 e. The van der Waals surface area contributed by atoms with Crippen LogP contribution in [0.3, 0.4) is 0 Å². The summed E-state index contributed by atoms with van der Waals surface area (Å²) >= 11 is 1.64. The molecule has 4 aromatic rings. The second-order valence-corrected chi connectivity index (χ2v) is 7.59. The molecule has 28 heavy (non-hydrogen) atoms. The number of ether oxygens (including phenoxy) is 1. The number of hydrogen-bond acceptors (Lipinski definition) is 5. The monoisotopic (exact) mass is 393 g/mol. The van der Waals surface area contributed by atoms with Crippen LogP contribution >= 0.6 is 11.8 Å². The molecule has 7 heteroatoms. The van der Waals surface area contributed by atoms with Gasteiger partial charge in [0, 0.05) is 24.7 Å². The smallest absolute Gasteiger partial charge is 0.191 e. The van der Waals surface area contributed by atoms with E-state index in [4.69, 9.17) is 4.74 Å². The van der Waals surface area contributed by atoms with Crippen molar-refractivity contribution >= 4 is 17.4 Å². The van der Waals surface area contributed by atoms with E-state index in [1.807, 2.05) is 60.0 Å². The molecule has 0 radical (unpaired) electrons. The number of benzene rings is 1. The molecule has 6 nitrogen and oxygen atoms in total. The molecule has 1 atom stereocenters. The Labute approximate surface area is 168 Å². The van der Waals surface area contributed by atoms with Crippen LogP contribution in [-0.4, -0.2) is 24.1 Å². The molecule has 1 unspecified atom stereocenters. The Kier molecular flexibility index (Phi) is 5.34. The van der Waals surface area contributed by atoms with Gasteiger partial charge in [0.15, 0.2) is 17.1 Å². The van der Waals surface area contributed by atoms with E-state index in [-0.39, 0.29) is 6.10 Å². The van der Waals surface area contributed by atoms with Gasteiger partial charge in [0.1, 0.15) is 11.4 Å². The van der Waals surface area contributed by atoms with E-state index in [0.29, 0.717) is 0 Å². The van der Waals surface area contributed by atoms with Crippen LogP contribution in [0.2, 0.25) is 0 Å². The summed E-state index contributed by atoms with van der Waals surface area (Å²) in [6.07, 6.45) is 3.88. The van der Waals surface area contributed by atoms with Crippen molar-refractivity contribution in [3.8, 4) is 5.75 Å². The number of aryl methyl sites for hydroxylation is 1. The highest BCUT2D eigenvalue weighted by atomic mass is 32.2. The third-order valence-corrected chi connectivity index (χ3v) is 5.52. The lowest BCUT2D eigenvalue weighted by Crippen LogP contribution is -2.12. The lowest BCUT2D eigenvalue weighted by Gasteiger charge is -2.15. The van der Waals surface area contributed by atoms with Crippen LogP contribution < -0.4 is 4.74 Å². The van der Waals surface area contributed by atoms with E-state index in [9.17, 15) is 0 Å². The predicted octanol–water partition coefficient (Wildman–Crippen LogP) is 4.69. The molecule has 0 bridgehead atoms. The van der Waals surface area contributed by atoms with Crippen LogP contribution in [0.15, 0.2) is 60.0 Å². The SMILES string of the molecule is CCn1c(SCc2cn3ccccc3n2)nnc1C(C)Oc1ccc(C)cc1. The van der Waals surface area contributed by atoms with Crippen LogP contribution in [-0.2, 0) is 12.3 Å². The lowest BCUT2D eigenvalue weighted by atomic mass is 10.2. The Hall–Kier alpha value is -2.80. The van der Waals surface area contributed by atoms with Crippen LogP contribution in [0.4, 0.5) is 0 Å². The van der Waals surface area contributed by atoms with Crippen molar-refractivity contribution in [3.05, 3.63) is 71.9 Å². The van der Waals surface area contributed by atoms with Crippen LogP contribution in [0.1, 0.15) is 37.0 Å². The Morgan fingerprint density at radius 3 is 2.68 bits per heavy atom. The number of fused-ring (bicyclic) bond motifs is 1. The van der Waals surface area contributed by atoms with Crippen molar-refractivity contribution in [1.82, 2.24) is 24.1 Å². The zero-order valence-corrected chi connectivity index (χ0v) is 17.1. The fraction of sp³-hybridized carbons (Fsp3) is 0.286. The van der Waals surface area contributed by atoms with Gasteiger partial charge in [0.25, 0.3) is 0 Å². The van der Waals surface area contributed by atoms with E-state index < -0.39 is 0 Å². The van der Waals surface area contributed by atoms with E-state index in [0.717, 1.165) is 40.4 Å². The maximum Gasteiger partial charge on any atom is 0.191 e. The summed E-state index contributed by atoms with van der Waals surface area (Å²) in [6.45, 7) is 6.96. The molecule has 0 fully saturated rings. The highest BCUT2D eigenvalue weighted by molar-refractivity contribution is 7.98. The highest BCUT2D eigenvalue weighted by Gasteiger charge is 2.19.